The van der Waals surface area contributed by atoms with E-state index in [1.165, 1.54) is 24.1 Å². The van der Waals surface area contributed by atoms with Crippen LogP contribution in [0.25, 0.3) is 0 Å². The van der Waals surface area contributed by atoms with Crippen LogP contribution >= 0.6 is 11.3 Å². The first kappa shape index (κ1) is 14.1. The van der Waals surface area contributed by atoms with E-state index in [9.17, 15) is 0 Å². The Labute approximate surface area is 119 Å². The molecule has 0 spiro atoms. The van der Waals surface area contributed by atoms with Crippen molar-refractivity contribution < 1.29 is 0 Å². The fraction of sp³-hybridized carbons (Fsp3) is 0.438. The summed E-state index contributed by atoms with van der Waals surface area (Å²) in [7, 11) is 0. The number of aryl methyl sites for hydroxylation is 2. The molecule has 0 saturated heterocycles. The zero-order chi connectivity index (χ0) is 13.7. The van der Waals surface area contributed by atoms with Crippen molar-refractivity contribution in [3.8, 4) is 0 Å². The van der Waals surface area contributed by atoms with E-state index in [1.807, 2.05) is 0 Å². The number of aromatic nitrogens is 1. The van der Waals surface area contributed by atoms with Crippen LogP contribution in [0.15, 0.2) is 34.6 Å². The number of thiazole rings is 1. The molecule has 0 radical (unpaired) electrons. The predicted molar refractivity (Wildman–Crippen MR) is 83.0 cm³/mol. The van der Waals surface area contributed by atoms with Crippen LogP contribution < -0.4 is 4.80 Å². The maximum atomic E-state index is 4.77. The summed E-state index contributed by atoms with van der Waals surface area (Å²) < 4.78 is 2.32. The first-order valence-corrected chi connectivity index (χ1v) is 7.91. The highest BCUT2D eigenvalue weighted by atomic mass is 32.1. The molecule has 0 bridgehead atoms. The Kier molecular flexibility index (Phi) is 4.97. The number of rotatable bonds is 5. The molecular weight excluding hydrogens is 252 g/mol. The van der Waals surface area contributed by atoms with E-state index in [1.54, 1.807) is 11.3 Å². The van der Waals surface area contributed by atoms with Crippen molar-refractivity contribution in [2.75, 3.05) is 0 Å². The second kappa shape index (κ2) is 6.71. The molecule has 0 amide bonds. The standard InChI is InChI=1S/C16H22N2S/c1-4-6-11-18-13(3)12-19-16(18)17-15-9-7-14(5-2)8-10-15/h7-10,12H,4-6,11H2,1-3H3. The zero-order valence-corrected chi connectivity index (χ0v) is 12.8. The first-order chi connectivity index (χ1) is 9.24. The van der Waals surface area contributed by atoms with Crippen LogP contribution in [0.5, 0.6) is 0 Å². The van der Waals surface area contributed by atoms with Crippen molar-refractivity contribution in [3.63, 3.8) is 0 Å². The Morgan fingerprint density at radius 1 is 1.16 bits per heavy atom. The van der Waals surface area contributed by atoms with Crippen molar-refractivity contribution in [2.45, 2.75) is 46.6 Å². The number of unbranched alkanes of at least 4 members (excludes halogenated alkanes) is 1. The van der Waals surface area contributed by atoms with Crippen molar-refractivity contribution in [1.29, 1.82) is 0 Å². The van der Waals surface area contributed by atoms with E-state index in [2.05, 4.69) is 55.0 Å². The Morgan fingerprint density at radius 3 is 2.53 bits per heavy atom. The highest BCUT2D eigenvalue weighted by Gasteiger charge is 2.00. The lowest BCUT2D eigenvalue weighted by Gasteiger charge is -2.04. The van der Waals surface area contributed by atoms with Crippen molar-refractivity contribution in [3.05, 3.63) is 45.7 Å². The summed E-state index contributed by atoms with van der Waals surface area (Å²) in [5.41, 5.74) is 3.71. The van der Waals surface area contributed by atoms with E-state index in [-0.39, 0.29) is 0 Å². The topological polar surface area (TPSA) is 17.3 Å². The van der Waals surface area contributed by atoms with Gasteiger partial charge in [-0.05, 0) is 37.5 Å². The Morgan fingerprint density at radius 2 is 1.89 bits per heavy atom. The quantitative estimate of drug-likeness (QED) is 0.766. The molecule has 1 aromatic carbocycles. The van der Waals surface area contributed by atoms with Gasteiger partial charge in [0.25, 0.3) is 0 Å². The van der Waals surface area contributed by atoms with Crippen LogP contribution in [-0.4, -0.2) is 4.57 Å². The Bertz CT molecular complexity index is 576. The molecule has 0 aliphatic carbocycles. The summed E-state index contributed by atoms with van der Waals surface area (Å²) in [6.45, 7) is 7.62. The van der Waals surface area contributed by atoms with Gasteiger partial charge in [0, 0.05) is 17.6 Å². The van der Waals surface area contributed by atoms with Gasteiger partial charge < -0.3 is 4.57 Å². The third kappa shape index (κ3) is 3.57. The van der Waals surface area contributed by atoms with Crippen LogP contribution in [0.3, 0.4) is 0 Å². The molecule has 1 aromatic heterocycles. The monoisotopic (exact) mass is 274 g/mol. The van der Waals surface area contributed by atoms with E-state index < -0.39 is 0 Å². The van der Waals surface area contributed by atoms with Gasteiger partial charge in [-0.3, -0.25) is 0 Å². The minimum atomic E-state index is 1.05. The number of nitrogens with zero attached hydrogens (tertiary/aromatic N) is 2. The molecule has 2 nitrogen and oxygen atoms in total. The number of benzene rings is 1. The molecule has 0 aliphatic heterocycles. The summed E-state index contributed by atoms with van der Waals surface area (Å²) in [5, 5.41) is 2.19. The molecule has 19 heavy (non-hydrogen) atoms. The van der Waals surface area contributed by atoms with Gasteiger partial charge in [-0.15, -0.1) is 11.3 Å². The summed E-state index contributed by atoms with van der Waals surface area (Å²) in [5.74, 6) is 0. The van der Waals surface area contributed by atoms with Crippen LogP contribution in [-0.2, 0) is 13.0 Å². The summed E-state index contributed by atoms with van der Waals surface area (Å²) in [6, 6.07) is 8.54. The molecule has 0 unspecified atom stereocenters. The van der Waals surface area contributed by atoms with Gasteiger partial charge >= 0.3 is 0 Å². The average Bonchev–Trinajstić information content (AvgIpc) is 2.78. The van der Waals surface area contributed by atoms with Gasteiger partial charge in [-0.25, -0.2) is 4.99 Å². The second-order valence-corrected chi connectivity index (χ2v) is 5.63. The maximum Gasteiger partial charge on any atom is 0.190 e. The van der Waals surface area contributed by atoms with Crippen molar-refractivity contribution >= 4 is 17.0 Å². The number of hydrogen-bond donors (Lipinski definition) is 0. The number of hydrogen-bond acceptors (Lipinski definition) is 2. The smallest absolute Gasteiger partial charge is 0.190 e. The highest BCUT2D eigenvalue weighted by Crippen LogP contribution is 2.13. The molecule has 102 valence electrons. The lowest BCUT2D eigenvalue weighted by molar-refractivity contribution is 0.605. The Balaban J connectivity index is 2.31. The average molecular weight is 274 g/mol. The van der Waals surface area contributed by atoms with E-state index in [0.717, 1.165) is 23.5 Å². The molecule has 2 rings (SSSR count). The largest absolute Gasteiger partial charge is 0.321 e. The normalized spacial score (nSPS) is 12.1. The van der Waals surface area contributed by atoms with Crippen molar-refractivity contribution in [2.24, 2.45) is 4.99 Å². The van der Waals surface area contributed by atoms with E-state index in [0.29, 0.717) is 0 Å². The Hall–Kier alpha value is -1.35. The SMILES string of the molecule is CCCCn1c(C)csc1=Nc1ccc(CC)cc1. The fourth-order valence-electron chi connectivity index (χ4n) is 2.01. The third-order valence-corrected chi connectivity index (χ3v) is 4.28. The van der Waals surface area contributed by atoms with Gasteiger partial charge in [0.2, 0.25) is 0 Å². The predicted octanol–water partition coefficient (Wildman–Crippen LogP) is 4.45. The van der Waals surface area contributed by atoms with E-state index in [4.69, 9.17) is 4.99 Å². The van der Waals surface area contributed by atoms with Crippen LogP contribution in [0.1, 0.15) is 37.9 Å². The zero-order valence-electron chi connectivity index (χ0n) is 12.0. The van der Waals surface area contributed by atoms with Gasteiger partial charge in [0.05, 0.1) is 5.69 Å². The van der Waals surface area contributed by atoms with Crippen LogP contribution in [0.2, 0.25) is 0 Å². The summed E-state index contributed by atoms with van der Waals surface area (Å²) in [6.07, 6.45) is 3.50. The van der Waals surface area contributed by atoms with Gasteiger partial charge in [-0.2, -0.15) is 0 Å². The third-order valence-electron chi connectivity index (χ3n) is 3.30. The minimum absolute atomic E-state index is 1.05. The fourth-order valence-corrected chi connectivity index (χ4v) is 2.93. The molecule has 0 N–H and O–H groups in total. The molecular formula is C16H22N2S. The lowest BCUT2D eigenvalue weighted by atomic mass is 10.2. The lowest BCUT2D eigenvalue weighted by Crippen LogP contribution is -2.15. The minimum Gasteiger partial charge on any atom is -0.321 e. The highest BCUT2D eigenvalue weighted by molar-refractivity contribution is 7.07. The maximum absolute atomic E-state index is 4.77. The molecule has 0 aliphatic rings. The molecule has 0 atom stereocenters. The molecule has 2 aromatic rings. The first-order valence-electron chi connectivity index (χ1n) is 7.03. The molecule has 0 fully saturated rings. The van der Waals surface area contributed by atoms with Crippen LogP contribution in [0, 0.1) is 6.92 Å². The summed E-state index contributed by atoms with van der Waals surface area (Å²) >= 11 is 1.73. The second-order valence-electron chi connectivity index (χ2n) is 4.80. The van der Waals surface area contributed by atoms with Gasteiger partial charge in [0.1, 0.15) is 0 Å². The van der Waals surface area contributed by atoms with Crippen LogP contribution in [0.4, 0.5) is 5.69 Å². The van der Waals surface area contributed by atoms with Gasteiger partial charge in [0.15, 0.2) is 4.80 Å². The van der Waals surface area contributed by atoms with Crippen molar-refractivity contribution in [1.82, 2.24) is 4.57 Å². The molecule has 0 saturated carbocycles. The molecule has 1 heterocycles. The van der Waals surface area contributed by atoms with E-state index >= 15 is 0 Å². The van der Waals surface area contributed by atoms with Gasteiger partial charge in [-0.1, -0.05) is 32.4 Å². The summed E-state index contributed by atoms with van der Waals surface area (Å²) in [4.78, 5) is 5.88. The molecule has 3 heteroatoms.